The van der Waals surface area contributed by atoms with Gasteiger partial charge in [0, 0.05) is 6.92 Å². The second-order valence-corrected chi connectivity index (χ2v) is 2.28. The third-order valence-electron chi connectivity index (χ3n) is 1.21. The van der Waals surface area contributed by atoms with Crippen LogP contribution in [0.5, 0.6) is 0 Å². The van der Waals surface area contributed by atoms with E-state index in [1.54, 1.807) is 0 Å². The molecule has 0 N–H and O–H groups in total. The fourth-order valence-electron chi connectivity index (χ4n) is 0.535. The zero-order valence-corrected chi connectivity index (χ0v) is 5.46. The summed E-state index contributed by atoms with van der Waals surface area (Å²) in [6.07, 6.45) is 5.91. The minimum atomic E-state index is -0.244. The summed E-state index contributed by atoms with van der Waals surface area (Å²) < 4.78 is 4.57. The van der Waals surface area contributed by atoms with Crippen molar-refractivity contribution in [3.8, 4) is 0 Å². The lowest BCUT2D eigenvalue weighted by Gasteiger charge is -1.87. The van der Waals surface area contributed by atoms with Crippen LogP contribution in [0.3, 0.4) is 0 Å². The largest absolute Gasteiger partial charge is 0.435 e. The van der Waals surface area contributed by atoms with E-state index < -0.39 is 0 Å². The maximum atomic E-state index is 10.2. The fourth-order valence-corrected chi connectivity index (χ4v) is 0.535. The van der Waals surface area contributed by atoms with Crippen molar-refractivity contribution in [2.75, 3.05) is 0 Å². The zero-order chi connectivity index (χ0) is 6.69. The second kappa shape index (κ2) is 2.67. The molecule has 1 saturated carbocycles. The van der Waals surface area contributed by atoms with Gasteiger partial charge in [-0.15, -0.1) is 0 Å². The van der Waals surface area contributed by atoms with Crippen LogP contribution in [-0.2, 0) is 9.53 Å². The van der Waals surface area contributed by atoms with Gasteiger partial charge in [-0.25, -0.2) is 0 Å². The number of rotatable bonds is 2. The Morgan fingerprint density at radius 2 is 2.33 bits per heavy atom. The van der Waals surface area contributed by atoms with E-state index in [4.69, 9.17) is 0 Å². The molecule has 0 radical (unpaired) electrons. The van der Waals surface area contributed by atoms with E-state index in [1.807, 2.05) is 6.08 Å². The molecule has 0 heterocycles. The topological polar surface area (TPSA) is 26.3 Å². The average Bonchev–Trinajstić information content (AvgIpc) is 2.48. The van der Waals surface area contributed by atoms with Gasteiger partial charge in [-0.1, -0.05) is 0 Å². The molecule has 0 aromatic carbocycles. The Morgan fingerprint density at radius 1 is 1.67 bits per heavy atom. The molecular weight excluding hydrogens is 116 g/mol. The number of carbonyl (C=O) groups excluding carboxylic acids is 1. The van der Waals surface area contributed by atoms with E-state index in [0.717, 1.165) is 0 Å². The van der Waals surface area contributed by atoms with Crippen LogP contribution in [0.15, 0.2) is 12.3 Å². The molecular formula is C7H10O2. The summed E-state index contributed by atoms with van der Waals surface area (Å²) in [5.74, 6) is 0.441. The highest BCUT2D eigenvalue weighted by Crippen LogP contribution is 2.29. The molecule has 0 spiro atoms. The van der Waals surface area contributed by atoms with Crippen molar-refractivity contribution in [2.45, 2.75) is 19.8 Å². The number of allylic oxidation sites excluding steroid dienone is 1. The van der Waals surface area contributed by atoms with Gasteiger partial charge in [0.15, 0.2) is 0 Å². The van der Waals surface area contributed by atoms with E-state index in [0.29, 0.717) is 5.92 Å². The van der Waals surface area contributed by atoms with Crippen molar-refractivity contribution in [1.82, 2.24) is 0 Å². The highest BCUT2D eigenvalue weighted by molar-refractivity contribution is 5.66. The smallest absolute Gasteiger partial charge is 0.307 e. The van der Waals surface area contributed by atoms with Crippen molar-refractivity contribution in [3.63, 3.8) is 0 Å². The molecule has 1 rings (SSSR count). The minimum Gasteiger partial charge on any atom is -0.435 e. The first-order valence-corrected chi connectivity index (χ1v) is 3.13. The van der Waals surface area contributed by atoms with Crippen molar-refractivity contribution in [3.05, 3.63) is 12.3 Å². The maximum Gasteiger partial charge on any atom is 0.307 e. The first-order chi connectivity index (χ1) is 4.29. The van der Waals surface area contributed by atoms with Crippen molar-refractivity contribution >= 4 is 5.97 Å². The summed E-state index contributed by atoms with van der Waals surface area (Å²) in [6, 6.07) is 0. The van der Waals surface area contributed by atoms with Crippen LogP contribution >= 0.6 is 0 Å². The van der Waals surface area contributed by atoms with Crippen LogP contribution in [0, 0.1) is 5.92 Å². The normalized spacial score (nSPS) is 18.3. The summed E-state index contributed by atoms with van der Waals surface area (Å²) in [6.45, 7) is 1.40. The molecule has 1 fully saturated rings. The molecule has 1 aliphatic rings. The molecule has 0 aromatic rings. The van der Waals surface area contributed by atoms with Crippen LogP contribution < -0.4 is 0 Å². The number of hydrogen-bond donors (Lipinski definition) is 0. The monoisotopic (exact) mass is 126 g/mol. The summed E-state index contributed by atoms with van der Waals surface area (Å²) >= 11 is 0. The number of hydrogen-bond acceptors (Lipinski definition) is 2. The van der Waals surface area contributed by atoms with Crippen LogP contribution in [0.2, 0.25) is 0 Å². The highest BCUT2D eigenvalue weighted by Gasteiger charge is 2.17. The predicted molar refractivity (Wildman–Crippen MR) is 33.6 cm³/mol. The molecule has 1 aliphatic carbocycles. The Bertz CT molecular complexity index is 134. The van der Waals surface area contributed by atoms with E-state index >= 15 is 0 Å². The Hall–Kier alpha value is -0.790. The van der Waals surface area contributed by atoms with Crippen LogP contribution in [0.4, 0.5) is 0 Å². The van der Waals surface area contributed by atoms with Gasteiger partial charge in [-0.05, 0) is 24.8 Å². The molecule has 0 aromatic heterocycles. The summed E-state index contributed by atoms with van der Waals surface area (Å²) in [5, 5.41) is 0. The Balaban J connectivity index is 2.08. The van der Waals surface area contributed by atoms with Crippen LogP contribution in [0.25, 0.3) is 0 Å². The van der Waals surface area contributed by atoms with Crippen molar-refractivity contribution in [1.29, 1.82) is 0 Å². The van der Waals surface area contributed by atoms with E-state index in [9.17, 15) is 4.79 Å². The van der Waals surface area contributed by atoms with Gasteiger partial charge in [-0.2, -0.15) is 0 Å². The van der Waals surface area contributed by atoms with Crippen LogP contribution in [0.1, 0.15) is 19.8 Å². The third kappa shape index (κ3) is 2.90. The molecule has 0 aliphatic heterocycles. The average molecular weight is 126 g/mol. The van der Waals surface area contributed by atoms with Crippen LogP contribution in [-0.4, -0.2) is 5.97 Å². The minimum absolute atomic E-state index is 0.244. The summed E-state index contributed by atoms with van der Waals surface area (Å²) in [7, 11) is 0. The standard InChI is InChI=1S/C7H10O2/c1-6(8)9-5-4-7-2-3-7/h4-5,7H,2-3H2,1H3/b5-4-. The molecule has 0 saturated heterocycles. The summed E-state index contributed by atoms with van der Waals surface area (Å²) in [4.78, 5) is 10.2. The van der Waals surface area contributed by atoms with Gasteiger partial charge >= 0.3 is 5.97 Å². The third-order valence-corrected chi connectivity index (χ3v) is 1.21. The quantitative estimate of drug-likeness (QED) is 0.413. The van der Waals surface area contributed by atoms with Gasteiger partial charge in [0.1, 0.15) is 0 Å². The highest BCUT2D eigenvalue weighted by atomic mass is 16.5. The number of ether oxygens (including phenoxy) is 1. The first kappa shape index (κ1) is 6.33. The Labute approximate surface area is 54.5 Å². The molecule has 2 heteroatoms. The van der Waals surface area contributed by atoms with Gasteiger partial charge < -0.3 is 4.74 Å². The molecule has 0 atom stereocenters. The lowest BCUT2D eigenvalue weighted by Crippen LogP contribution is -1.89. The van der Waals surface area contributed by atoms with Gasteiger partial charge in [-0.3, -0.25) is 4.79 Å². The SMILES string of the molecule is CC(=O)O/C=C\C1CC1. The molecule has 0 amide bonds. The summed E-state index contributed by atoms with van der Waals surface area (Å²) in [5.41, 5.74) is 0. The molecule has 9 heavy (non-hydrogen) atoms. The van der Waals surface area contributed by atoms with Crippen molar-refractivity contribution in [2.24, 2.45) is 5.92 Å². The fraction of sp³-hybridized carbons (Fsp3) is 0.571. The lowest BCUT2D eigenvalue weighted by molar-refractivity contribution is -0.135. The molecule has 2 nitrogen and oxygen atoms in total. The van der Waals surface area contributed by atoms with Crippen molar-refractivity contribution < 1.29 is 9.53 Å². The second-order valence-electron chi connectivity index (χ2n) is 2.28. The van der Waals surface area contributed by atoms with E-state index in [1.165, 1.54) is 26.0 Å². The van der Waals surface area contributed by atoms with Gasteiger partial charge in [0.05, 0.1) is 6.26 Å². The predicted octanol–water partition coefficient (Wildman–Crippen LogP) is 1.47. The Kier molecular flexibility index (Phi) is 1.88. The Morgan fingerprint density at radius 3 is 2.78 bits per heavy atom. The van der Waals surface area contributed by atoms with Gasteiger partial charge in [0.2, 0.25) is 0 Å². The lowest BCUT2D eigenvalue weighted by atomic mass is 10.4. The maximum absolute atomic E-state index is 10.2. The van der Waals surface area contributed by atoms with Gasteiger partial charge in [0.25, 0.3) is 0 Å². The number of esters is 1. The zero-order valence-electron chi connectivity index (χ0n) is 5.46. The van der Waals surface area contributed by atoms with E-state index in [-0.39, 0.29) is 5.97 Å². The molecule has 0 bridgehead atoms. The molecule has 0 unspecified atom stereocenters. The first-order valence-electron chi connectivity index (χ1n) is 3.13. The number of carbonyl (C=O) groups is 1. The van der Waals surface area contributed by atoms with E-state index in [2.05, 4.69) is 4.74 Å². The molecule has 50 valence electrons.